The van der Waals surface area contributed by atoms with Crippen molar-refractivity contribution in [3.05, 3.63) is 78.6 Å². The fourth-order valence-electron chi connectivity index (χ4n) is 3.93. The Balaban J connectivity index is 1.46. The molecule has 0 spiro atoms. The van der Waals surface area contributed by atoms with Crippen molar-refractivity contribution in [3.63, 3.8) is 0 Å². The molecule has 150 valence electrons. The predicted molar refractivity (Wildman–Crippen MR) is 118 cm³/mol. The van der Waals surface area contributed by atoms with Gasteiger partial charge in [-0.3, -0.25) is 4.79 Å². The maximum absolute atomic E-state index is 12.5. The summed E-state index contributed by atoms with van der Waals surface area (Å²) in [5.74, 6) is -0.100. The summed E-state index contributed by atoms with van der Waals surface area (Å²) in [7, 11) is 0. The van der Waals surface area contributed by atoms with Crippen LogP contribution in [-0.4, -0.2) is 28.0 Å². The number of hydrogen-bond acceptors (Lipinski definition) is 3. The van der Waals surface area contributed by atoms with Crippen LogP contribution in [0.4, 0.5) is 5.69 Å². The number of fused-ring (bicyclic) bond motifs is 1. The number of anilines is 1. The van der Waals surface area contributed by atoms with E-state index in [1.165, 1.54) is 11.1 Å². The van der Waals surface area contributed by atoms with E-state index in [-0.39, 0.29) is 12.0 Å². The molecule has 1 atom stereocenters. The first-order valence-corrected chi connectivity index (χ1v) is 10.2. The zero-order valence-electron chi connectivity index (χ0n) is 16.8. The van der Waals surface area contributed by atoms with E-state index in [1.807, 2.05) is 48.0 Å². The van der Waals surface area contributed by atoms with Gasteiger partial charge in [0.1, 0.15) is 6.10 Å². The molecule has 1 fully saturated rings. The lowest BCUT2D eigenvalue weighted by atomic mass is 10.0. The Morgan fingerprint density at radius 3 is 2.50 bits per heavy atom. The van der Waals surface area contributed by atoms with E-state index >= 15 is 0 Å². The molecule has 1 amide bonds. The van der Waals surface area contributed by atoms with Crippen molar-refractivity contribution in [1.29, 1.82) is 0 Å². The standard InChI is InChI=1S/C25H23N3O2/c1-17-14-21(27-25(29)23-8-5-13-30-23)24-26-22(16-28(24)15-17)20-11-9-19(10-12-20)18-6-3-2-4-7-18/h2-4,6-7,9-12,14-16,23H,5,8,13H2,1H3,(H,27,29). The number of pyridine rings is 1. The molecule has 1 unspecified atom stereocenters. The molecule has 5 rings (SSSR count). The molecule has 2 aromatic heterocycles. The monoisotopic (exact) mass is 397 g/mol. The van der Waals surface area contributed by atoms with Gasteiger partial charge >= 0.3 is 0 Å². The zero-order valence-corrected chi connectivity index (χ0v) is 16.8. The van der Waals surface area contributed by atoms with Crippen molar-refractivity contribution in [1.82, 2.24) is 9.38 Å². The minimum absolute atomic E-state index is 0.100. The van der Waals surface area contributed by atoms with Crippen LogP contribution in [0.25, 0.3) is 28.0 Å². The highest BCUT2D eigenvalue weighted by Gasteiger charge is 2.24. The molecular formula is C25H23N3O2. The smallest absolute Gasteiger partial charge is 0.253 e. The Kier molecular flexibility index (Phi) is 4.81. The number of imidazole rings is 1. The topological polar surface area (TPSA) is 55.6 Å². The van der Waals surface area contributed by atoms with Gasteiger partial charge < -0.3 is 14.5 Å². The van der Waals surface area contributed by atoms with Gasteiger partial charge in [-0.25, -0.2) is 4.98 Å². The van der Waals surface area contributed by atoms with Crippen molar-refractivity contribution in [2.75, 3.05) is 11.9 Å². The van der Waals surface area contributed by atoms with Crippen LogP contribution < -0.4 is 5.32 Å². The third-order valence-electron chi connectivity index (χ3n) is 5.46. The van der Waals surface area contributed by atoms with Gasteiger partial charge in [0.2, 0.25) is 0 Å². The molecule has 5 heteroatoms. The number of hydrogen-bond donors (Lipinski definition) is 1. The van der Waals surface area contributed by atoms with Crippen molar-refractivity contribution < 1.29 is 9.53 Å². The van der Waals surface area contributed by atoms with Gasteiger partial charge in [0.25, 0.3) is 5.91 Å². The number of carbonyl (C=O) groups excluding carboxylic acids is 1. The number of nitrogens with one attached hydrogen (secondary N) is 1. The van der Waals surface area contributed by atoms with Gasteiger partial charge in [-0.05, 0) is 42.5 Å². The molecule has 0 saturated carbocycles. The molecule has 1 aliphatic rings. The van der Waals surface area contributed by atoms with Crippen LogP contribution in [0, 0.1) is 6.92 Å². The summed E-state index contributed by atoms with van der Waals surface area (Å²) in [4.78, 5) is 17.4. The number of nitrogens with zero attached hydrogens (tertiary/aromatic N) is 2. The van der Waals surface area contributed by atoms with Crippen LogP contribution in [0.15, 0.2) is 73.1 Å². The second-order valence-corrected chi connectivity index (χ2v) is 7.72. The molecular weight excluding hydrogens is 374 g/mol. The summed E-state index contributed by atoms with van der Waals surface area (Å²) in [5, 5.41) is 3.02. The molecule has 3 heterocycles. The van der Waals surface area contributed by atoms with Crippen LogP contribution in [0.3, 0.4) is 0 Å². The largest absolute Gasteiger partial charge is 0.368 e. The fraction of sp³-hybridized carbons (Fsp3) is 0.200. The van der Waals surface area contributed by atoms with E-state index in [0.717, 1.165) is 35.3 Å². The lowest BCUT2D eigenvalue weighted by Crippen LogP contribution is -2.27. The number of aromatic nitrogens is 2. The van der Waals surface area contributed by atoms with E-state index in [4.69, 9.17) is 9.72 Å². The Labute approximate surface area is 175 Å². The number of ether oxygens (including phenoxy) is 1. The summed E-state index contributed by atoms with van der Waals surface area (Å²) < 4.78 is 7.49. The van der Waals surface area contributed by atoms with E-state index < -0.39 is 0 Å². The highest BCUT2D eigenvalue weighted by Crippen LogP contribution is 2.27. The molecule has 0 bridgehead atoms. The first-order valence-electron chi connectivity index (χ1n) is 10.2. The summed E-state index contributed by atoms with van der Waals surface area (Å²) in [6, 6.07) is 20.7. The quantitative estimate of drug-likeness (QED) is 0.522. The van der Waals surface area contributed by atoms with E-state index in [9.17, 15) is 4.79 Å². The van der Waals surface area contributed by atoms with Crippen LogP contribution in [0.5, 0.6) is 0 Å². The Morgan fingerprint density at radius 2 is 1.77 bits per heavy atom. The van der Waals surface area contributed by atoms with Crippen LogP contribution in [0.1, 0.15) is 18.4 Å². The second-order valence-electron chi connectivity index (χ2n) is 7.72. The number of aryl methyl sites for hydroxylation is 1. The van der Waals surface area contributed by atoms with Gasteiger partial charge in [-0.2, -0.15) is 0 Å². The van der Waals surface area contributed by atoms with Gasteiger partial charge in [-0.15, -0.1) is 0 Å². The molecule has 2 aromatic carbocycles. The van der Waals surface area contributed by atoms with Crippen molar-refractivity contribution in [2.45, 2.75) is 25.9 Å². The Bertz CT molecular complexity index is 1190. The lowest BCUT2D eigenvalue weighted by Gasteiger charge is -2.11. The molecule has 30 heavy (non-hydrogen) atoms. The van der Waals surface area contributed by atoms with E-state index in [1.54, 1.807) is 0 Å². The summed E-state index contributed by atoms with van der Waals surface area (Å²) in [5.41, 5.74) is 6.75. The van der Waals surface area contributed by atoms with Gasteiger partial charge in [0, 0.05) is 24.6 Å². The van der Waals surface area contributed by atoms with E-state index in [0.29, 0.717) is 12.3 Å². The predicted octanol–water partition coefficient (Wildman–Crippen LogP) is 5.09. The molecule has 1 aliphatic heterocycles. The number of amides is 1. The zero-order chi connectivity index (χ0) is 20.5. The first kappa shape index (κ1) is 18.6. The third kappa shape index (κ3) is 3.60. The second kappa shape index (κ2) is 7.76. The number of carbonyl (C=O) groups is 1. The summed E-state index contributed by atoms with van der Waals surface area (Å²) in [6.07, 6.45) is 5.34. The maximum Gasteiger partial charge on any atom is 0.253 e. The maximum atomic E-state index is 12.5. The van der Waals surface area contributed by atoms with Crippen molar-refractivity contribution in [3.8, 4) is 22.4 Å². The van der Waals surface area contributed by atoms with Gasteiger partial charge in [0.15, 0.2) is 5.65 Å². The molecule has 4 aromatic rings. The number of rotatable bonds is 4. The molecule has 1 N–H and O–H groups in total. The molecule has 0 aliphatic carbocycles. The van der Waals surface area contributed by atoms with Crippen LogP contribution in [0.2, 0.25) is 0 Å². The fourth-order valence-corrected chi connectivity index (χ4v) is 3.93. The normalized spacial score (nSPS) is 16.1. The Hall–Kier alpha value is -3.44. The summed E-state index contributed by atoms with van der Waals surface area (Å²) >= 11 is 0. The highest BCUT2D eigenvalue weighted by molar-refractivity contribution is 5.97. The average molecular weight is 397 g/mol. The number of benzene rings is 2. The first-order chi connectivity index (χ1) is 14.7. The molecule has 1 saturated heterocycles. The van der Waals surface area contributed by atoms with Crippen molar-refractivity contribution in [2.24, 2.45) is 0 Å². The summed E-state index contributed by atoms with van der Waals surface area (Å²) in [6.45, 7) is 2.66. The van der Waals surface area contributed by atoms with Gasteiger partial charge in [-0.1, -0.05) is 54.6 Å². The third-order valence-corrected chi connectivity index (χ3v) is 5.46. The minimum atomic E-state index is -0.370. The molecule has 5 nitrogen and oxygen atoms in total. The van der Waals surface area contributed by atoms with Crippen LogP contribution >= 0.6 is 0 Å². The lowest BCUT2D eigenvalue weighted by molar-refractivity contribution is -0.124. The Morgan fingerprint density at radius 1 is 1.03 bits per heavy atom. The van der Waals surface area contributed by atoms with Crippen LogP contribution in [-0.2, 0) is 9.53 Å². The average Bonchev–Trinajstić information content (AvgIpc) is 3.45. The minimum Gasteiger partial charge on any atom is -0.368 e. The highest BCUT2D eigenvalue weighted by atomic mass is 16.5. The van der Waals surface area contributed by atoms with E-state index in [2.05, 4.69) is 41.7 Å². The SMILES string of the molecule is Cc1cc(NC(=O)C2CCCO2)c2nc(-c3ccc(-c4ccccc4)cc3)cn2c1. The van der Waals surface area contributed by atoms with Gasteiger partial charge in [0.05, 0.1) is 11.4 Å². The molecule has 0 radical (unpaired) electrons. The van der Waals surface area contributed by atoms with Crippen molar-refractivity contribution >= 4 is 17.2 Å².